The van der Waals surface area contributed by atoms with Crippen molar-refractivity contribution in [3.63, 3.8) is 0 Å². The van der Waals surface area contributed by atoms with Crippen LogP contribution < -0.4 is 5.32 Å². The lowest BCUT2D eigenvalue weighted by atomic mass is 10.2. The highest BCUT2D eigenvalue weighted by Gasteiger charge is 2.14. The van der Waals surface area contributed by atoms with E-state index >= 15 is 0 Å². The van der Waals surface area contributed by atoms with Crippen molar-refractivity contribution in [2.24, 2.45) is 0 Å². The molecule has 16 heavy (non-hydrogen) atoms. The maximum atomic E-state index is 3.39. The first kappa shape index (κ1) is 11.0. The first-order chi connectivity index (χ1) is 7.92. The van der Waals surface area contributed by atoms with Crippen LogP contribution in [0, 0.1) is 0 Å². The van der Waals surface area contributed by atoms with Crippen molar-refractivity contribution in [2.75, 3.05) is 31.3 Å². The molecule has 0 unspecified atom stereocenters. The first-order valence-corrected chi connectivity index (χ1v) is 7.70. The van der Waals surface area contributed by atoms with Crippen molar-refractivity contribution in [2.45, 2.75) is 16.3 Å². The van der Waals surface area contributed by atoms with E-state index in [0.717, 1.165) is 19.6 Å². The van der Waals surface area contributed by atoms with Gasteiger partial charge in [-0.3, -0.25) is 4.90 Å². The lowest BCUT2D eigenvalue weighted by Gasteiger charge is -2.27. The normalized spacial score (nSPS) is 21.0. The second-order valence-corrected chi connectivity index (χ2v) is 6.61. The summed E-state index contributed by atoms with van der Waals surface area (Å²) in [7, 11) is 0. The Bertz CT molecular complexity index is 375. The Morgan fingerprint density at radius 3 is 2.81 bits per heavy atom. The quantitative estimate of drug-likeness (QED) is 0.868. The van der Waals surface area contributed by atoms with Gasteiger partial charge in [-0.25, -0.2) is 0 Å². The molecule has 3 rings (SSSR count). The van der Waals surface area contributed by atoms with Crippen LogP contribution in [0.1, 0.15) is 5.56 Å². The van der Waals surface area contributed by atoms with E-state index in [1.165, 1.54) is 33.5 Å². The van der Waals surface area contributed by atoms with Crippen molar-refractivity contribution in [3.05, 3.63) is 23.8 Å². The van der Waals surface area contributed by atoms with Crippen molar-refractivity contribution >= 4 is 23.5 Å². The van der Waals surface area contributed by atoms with E-state index in [1.807, 2.05) is 23.5 Å². The predicted octanol–water partition coefficient (Wildman–Crippen LogP) is 2.25. The van der Waals surface area contributed by atoms with E-state index in [0.29, 0.717) is 0 Å². The molecule has 0 saturated carbocycles. The van der Waals surface area contributed by atoms with Gasteiger partial charge in [-0.05, 0) is 17.7 Å². The molecule has 2 nitrogen and oxygen atoms in total. The van der Waals surface area contributed by atoms with Crippen LogP contribution in [-0.2, 0) is 6.54 Å². The van der Waals surface area contributed by atoms with Gasteiger partial charge < -0.3 is 5.32 Å². The number of fused-ring (bicyclic) bond motifs is 1. The van der Waals surface area contributed by atoms with Crippen LogP contribution in [-0.4, -0.2) is 36.2 Å². The minimum atomic E-state index is 1.11. The number of rotatable bonds is 2. The largest absolute Gasteiger partial charge is 0.314 e. The van der Waals surface area contributed by atoms with Gasteiger partial charge in [0.15, 0.2) is 0 Å². The molecule has 0 spiro atoms. The molecule has 1 aromatic rings. The molecule has 1 saturated heterocycles. The standard InChI is InChI=1S/C12H16N2S2/c1-2-11-12(16-9-15-11)7-10(1)8-14-5-3-13-4-6-14/h1-2,7,13H,3-6,8-9H2. The summed E-state index contributed by atoms with van der Waals surface area (Å²) in [5.41, 5.74) is 1.47. The highest BCUT2D eigenvalue weighted by molar-refractivity contribution is 8.18. The first-order valence-electron chi connectivity index (χ1n) is 5.73. The molecular formula is C12H16N2S2. The van der Waals surface area contributed by atoms with Gasteiger partial charge in [0.2, 0.25) is 0 Å². The summed E-state index contributed by atoms with van der Waals surface area (Å²) in [6, 6.07) is 6.96. The smallest absolute Gasteiger partial charge is 0.0487 e. The van der Waals surface area contributed by atoms with Gasteiger partial charge in [-0.1, -0.05) is 6.07 Å². The lowest BCUT2D eigenvalue weighted by molar-refractivity contribution is 0.233. The molecular weight excluding hydrogens is 236 g/mol. The van der Waals surface area contributed by atoms with Crippen molar-refractivity contribution in [1.82, 2.24) is 10.2 Å². The number of nitrogens with zero attached hydrogens (tertiary/aromatic N) is 1. The molecule has 0 aliphatic carbocycles. The summed E-state index contributed by atoms with van der Waals surface area (Å²) >= 11 is 3.94. The molecule has 2 heterocycles. The zero-order valence-corrected chi connectivity index (χ0v) is 10.9. The Morgan fingerprint density at radius 2 is 1.94 bits per heavy atom. The average Bonchev–Trinajstić information content (AvgIpc) is 2.77. The third-order valence-electron chi connectivity index (χ3n) is 3.05. The highest BCUT2D eigenvalue weighted by Crippen LogP contribution is 2.41. The lowest BCUT2D eigenvalue weighted by Crippen LogP contribution is -2.42. The van der Waals surface area contributed by atoms with E-state index in [1.54, 1.807) is 0 Å². The maximum Gasteiger partial charge on any atom is 0.0487 e. The maximum absolute atomic E-state index is 3.39. The zero-order chi connectivity index (χ0) is 10.8. The van der Waals surface area contributed by atoms with Crippen LogP contribution in [0.3, 0.4) is 0 Å². The molecule has 0 aromatic heterocycles. The van der Waals surface area contributed by atoms with Gasteiger partial charge in [0.1, 0.15) is 0 Å². The topological polar surface area (TPSA) is 15.3 Å². The zero-order valence-electron chi connectivity index (χ0n) is 9.24. The van der Waals surface area contributed by atoms with Crippen LogP contribution in [0.15, 0.2) is 28.0 Å². The van der Waals surface area contributed by atoms with Crippen LogP contribution in [0.25, 0.3) is 0 Å². The Morgan fingerprint density at radius 1 is 1.12 bits per heavy atom. The molecule has 1 aromatic carbocycles. The van der Waals surface area contributed by atoms with Gasteiger partial charge >= 0.3 is 0 Å². The van der Waals surface area contributed by atoms with E-state index in [4.69, 9.17) is 0 Å². The van der Waals surface area contributed by atoms with Gasteiger partial charge in [0, 0.05) is 47.6 Å². The molecule has 0 atom stereocenters. The summed E-state index contributed by atoms with van der Waals surface area (Å²) in [4.78, 5) is 5.48. The van der Waals surface area contributed by atoms with E-state index in [-0.39, 0.29) is 0 Å². The number of hydrogen-bond donors (Lipinski definition) is 1. The molecule has 0 amide bonds. The monoisotopic (exact) mass is 252 g/mol. The average molecular weight is 252 g/mol. The van der Waals surface area contributed by atoms with Crippen molar-refractivity contribution in [3.8, 4) is 0 Å². The third-order valence-corrected chi connectivity index (χ3v) is 5.44. The Balaban J connectivity index is 1.69. The SMILES string of the molecule is c1cc2c(cc1CN1CCNCC1)SCS2. The van der Waals surface area contributed by atoms with Gasteiger partial charge in [0.25, 0.3) is 0 Å². The predicted molar refractivity (Wildman–Crippen MR) is 71.2 cm³/mol. The summed E-state index contributed by atoms with van der Waals surface area (Å²) < 4.78 is 0. The highest BCUT2D eigenvalue weighted by atomic mass is 32.2. The van der Waals surface area contributed by atoms with E-state index in [9.17, 15) is 0 Å². The summed E-state index contributed by atoms with van der Waals surface area (Å²) in [5, 5.41) is 4.58. The number of nitrogens with one attached hydrogen (secondary N) is 1. The fourth-order valence-corrected chi connectivity index (χ4v) is 4.58. The van der Waals surface area contributed by atoms with E-state index in [2.05, 4.69) is 28.4 Å². The minimum Gasteiger partial charge on any atom is -0.314 e. The molecule has 2 aliphatic heterocycles. The van der Waals surface area contributed by atoms with Gasteiger partial charge in [0.05, 0.1) is 0 Å². The van der Waals surface area contributed by atoms with Crippen molar-refractivity contribution in [1.29, 1.82) is 0 Å². The van der Waals surface area contributed by atoms with Crippen LogP contribution in [0.2, 0.25) is 0 Å². The molecule has 86 valence electrons. The molecule has 4 heteroatoms. The number of benzene rings is 1. The van der Waals surface area contributed by atoms with Gasteiger partial charge in [-0.2, -0.15) is 0 Å². The molecule has 0 bridgehead atoms. The second-order valence-electron chi connectivity index (χ2n) is 4.21. The molecule has 0 radical (unpaired) electrons. The molecule has 1 fully saturated rings. The van der Waals surface area contributed by atoms with Crippen LogP contribution in [0.5, 0.6) is 0 Å². The Labute approximate surface area is 105 Å². The Hall–Kier alpha value is -0.160. The minimum absolute atomic E-state index is 1.11. The summed E-state index contributed by atoms with van der Waals surface area (Å²) in [6.45, 7) is 5.74. The number of piperazine rings is 1. The molecule has 1 N–H and O–H groups in total. The second kappa shape index (κ2) is 5.00. The van der Waals surface area contributed by atoms with Crippen LogP contribution >= 0.6 is 23.5 Å². The fourth-order valence-electron chi connectivity index (χ4n) is 2.17. The molecule has 2 aliphatic rings. The summed E-state index contributed by atoms with van der Waals surface area (Å²) in [6.07, 6.45) is 0. The fraction of sp³-hybridized carbons (Fsp3) is 0.500. The number of thioether (sulfide) groups is 2. The summed E-state index contributed by atoms with van der Waals surface area (Å²) in [5.74, 6) is 0. The number of hydrogen-bond acceptors (Lipinski definition) is 4. The van der Waals surface area contributed by atoms with Gasteiger partial charge in [-0.15, -0.1) is 23.5 Å². The van der Waals surface area contributed by atoms with E-state index < -0.39 is 0 Å². The van der Waals surface area contributed by atoms with Crippen molar-refractivity contribution < 1.29 is 0 Å². The Kier molecular flexibility index (Phi) is 3.43. The van der Waals surface area contributed by atoms with Crippen LogP contribution in [0.4, 0.5) is 0 Å². The third kappa shape index (κ3) is 2.40.